The number of anilines is 2. The highest BCUT2D eigenvalue weighted by molar-refractivity contribution is 6.32. The number of fused-ring (bicyclic) bond motifs is 1. The summed E-state index contributed by atoms with van der Waals surface area (Å²) in [5.74, 6) is -39.1. The van der Waals surface area contributed by atoms with E-state index in [0.717, 1.165) is 4.90 Å². The smallest absolute Gasteiger partial charge is 0.385 e. The maximum absolute atomic E-state index is 14.7. The number of hydrogen-bond acceptors (Lipinski definition) is 2. The van der Waals surface area contributed by atoms with Crippen molar-refractivity contribution in [3.8, 4) is 0 Å². The fraction of sp³-hybridized carbons (Fsp3) is 0.524. The van der Waals surface area contributed by atoms with Crippen LogP contribution in [0.25, 0.3) is 0 Å². The molecule has 2 aromatic carbocycles. The van der Waals surface area contributed by atoms with E-state index in [4.69, 9.17) is 11.6 Å². The van der Waals surface area contributed by atoms with E-state index in [9.17, 15) is 79.0 Å². The highest BCUT2D eigenvalue weighted by atomic mass is 35.5. The molecule has 0 saturated heterocycles. The summed E-state index contributed by atoms with van der Waals surface area (Å²) in [6, 6.07) is 12.1. The Bertz CT molecular complexity index is 2090. The lowest BCUT2D eigenvalue weighted by molar-refractivity contribution is -0.396. The van der Waals surface area contributed by atoms with Crippen LogP contribution >= 0.6 is 11.6 Å². The molecule has 1 aliphatic carbocycles. The first-order valence-corrected chi connectivity index (χ1v) is 19.4. The van der Waals surface area contributed by atoms with E-state index in [-0.39, 0.29) is 28.5 Å². The molecule has 2 aliphatic rings. The topological polar surface area (TPSA) is 15.3 Å². The number of benzene rings is 2. The van der Waals surface area contributed by atoms with Crippen LogP contribution < -0.4 is 10.2 Å². The summed E-state index contributed by atoms with van der Waals surface area (Å²) < 4.78 is 244. The predicted octanol–water partition coefficient (Wildman–Crippen LogP) is 15.3. The summed E-state index contributed by atoms with van der Waals surface area (Å²) in [5, 5.41) is 2.69. The third-order valence-corrected chi connectivity index (χ3v) is 11.6. The van der Waals surface area contributed by atoms with Crippen molar-refractivity contribution in [1.82, 2.24) is 0 Å². The van der Waals surface area contributed by atoms with Crippen molar-refractivity contribution in [2.75, 3.05) is 23.3 Å². The second-order valence-electron chi connectivity index (χ2n) is 16.4. The van der Waals surface area contributed by atoms with Crippen LogP contribution in [0.1, 0.15) is 77.3 Å². The summed E-state index contributed by atoms with van der Waals surface area (Å²) in [5.41, 5.74) is 0.789. The monoisotopic (exact) mass is 950 g/mol. The molecule has 0 aromatic heterocycles. The minimum Gasteiger partial charge on any atom is -0.385 e. The molecule has 4 rings (SSSR count). The molecule has 0 unspecified atom stereocenters. The number of halogens is 19. The lowest BCUT2D eigenvalue weighted by Gasteiger charge is -2.35. The molecular formula is C42H41ClF18N2. The maximum Gasteiger partial charge on any atom is 0.460 e. The second kappa shape index (κ2) is 17.4. The predicted molar refractivity (Wildman–Crippen MR) is 202 cm³/mol. The molecular weight excluding hydrogens is 910 g/mol. The van der Waals surface area contributed by atoms with Gasteiger partial charge in [-0.3, -0.25) is 0 Å². The van der Waals surface area contributed by atoms with E-state index in [0.29, 0.717) is 41.5 Å². The van der Waals surface area contributed by atoms with Crippen LogP contribution in [0.5, 0.6) is 0 Å². The number of nitrogens with zero attached hydrogens (tertiary/aromatic N) is 1. The highest BCUT2D eigenvalue weighted by Gasteiger charge is 2.82. The first kappa shape index (κ1) is 51.7. The molecule has 0 bridgehead atoms. The van der Waals surface area contributed by atoms with Crippen LogP contribution in [0.2, 0.25) is 0 Å². The van der Waals surface area contributed by atoms with Crippen LogP contribution in [0, 0.1) is 0 Å². The van der Waals surface area contributed by atoms with Crippen molar-refractivity contribution >= 4 is 23.0 Å². The first-order valence-electron chi connectivity index (χ1n) is 19.1. The molecule has 0 radical (unpaired) electrons. The van der Waals surface area contributed by atoms with Crippen LogP contribution in [-0.4, -0.2) is 61.0 Å². The fourth-order valence-electron chi connectivity index (χ4n) is 7.34. The second-order valence-corrected chi connectivity index (χ2v) is 16.8. The molecule has 0 atom stereocenters. The molecule has 0 amide bonds. The van der Waals surface area contributed by atoms with E-state index < -0.39 is 84.6 Å². The number of rotatable bonds is 16. The minimum atomic E-state index is -7.03. The van der Waals surface area contributed by atoms with E-state index in [1.807, 2.05) is 0 Å². The molecule has 0 fully saturated rings. The highest BCUT2D eigenvalue weighted by Crippen LogP contribution is 2.56. The molecule has 1 aliphatic heterocycles. The lowest BCUT2D eigenvalue weighted by atomic mass is 9.80. The van der Waals surface area contributed by atoms with Crippen molar-refractivity contribution in [1.29, 1.82) is 0 Å². The Morgan fingerprint density at radius 1 is 0.667 bits per heavy atom. The number of allylic oxidation sites excluding steroid dienone is 8. The summed E-state index contributed by atoms with van der Waals surface area (Å²) in [6.45, 7) is 4.56. The molecule has 352 valence electrons. The Labute approximate surface area is 355 Å². The van der Waals surface area contributed by atoms with Gasteiger partial charge >= 0.3 is 47.9 Å². The van der Waals surface area contributed by atoms with Gasteiger partial charge in [0.25, 0.3) is 0 Å². The molecule has 2 nitrogen and oxygen atoms in total. The van der Waals surface area contributed by atoms with Gasteiger partial charge in [0.15, 0.2) is 0 Å². The van der Waals surface area contributed by atoms with Gasteiger partial charge in [0.1, 0.15) is 0 Å². The van der Waals surface area contributed by atoms with Crippen LogP contribution in [0.3, 0.4) is 0 Å². The van der Waals surface area contributed by atoms with Crippen molar-refractivity contribution < 1.29 is 79.0 Å². The summed E-state index contributed by atoms with van der Waals surface area (Å²) in [4.78, 5) is 1.14. The molecule has 21 heteroatoms. The molecule has 0 spiro atoms. The Morgan fingerprint density at radius 2 is 1.19 bits per heavy atom. The van der Waals surface area contributed by atoms with Gasteiger partial charge in [0, 0.05) is 53.5 Å². The fourth-order valence-corrected chi connectivity index (χ4v) is 7.65. The summed E-state index contributed by atoms with van der Waals surface area (Å²) in [7, 11) is 0. The normalized spacial score (nSPS) is 18.9. The third-order valence-electron chi connectivity index (χ3n) is 11.1. The quantitative estimate of drug-likeness (QED) is 0.169. The zero-order chi connectivity index (χ0) is 48.0. The zero-order valence-corrected chi connectivity index (χ0v) is 34.5. The Kier molecular flexibility index (Phi) is 14.3. The van der Waals surface area contributed by atoms with Crippen molar-refractivity contribution in [3.05, 3.63) is 106 Å². The first-order chi connectivity index (χ1) is 28.5. The van der Waals surface area contributed by atoms with Gasteiger partial charge in [0.2, 0.25) is 0 Å². The van der Waals surface area contributed by atoms with Gasteiger partial charge in [-0.1, -0.05) is 93.9 Å². The zero-order valence-electron chi connectivity index (χ0n) is 33.7. The molecule has 1 heterocycles. The molecule has 2 aromatic rings. The van der Waals surface area contributed by atoms with Crippen LogP contribution in [0.4, 0.5) is 90.4 Å². The van der Waals surface area contributed by atoms with Gasteiger partial charge in [-0.2, -0.15) is 79.0 Å². The number of para-hydroxylation sites is 2. The number of nitrogens with one attached hydrogen (secondary N) is 1. The Balaban J connectivity index is 1.55. The summed E-state index contributed by atoms with van der Waals surface area (Å²) >= 11 is 6.79. The van der Waals surface area contributed by atoms with Gasteiger partial charge in [-0.15, -0.1) is 0 Å². The third kappa shape index (κ3) is 9.70. The number of hydrogen-bond donors (Lipinski definition) is 1. The summed E-state index contributed by atoms with van der Waals surface area (Å²) in [6.07, 6.45) is -10.0. The van der Waals surface area contributed by atoms with Gasteiger partial charge in [0.05, 0.1) is 0 Å². The minimum absolute atomic E-state index is 0.105. The van der Waals surface area contributed by atoms with Crippen molar-refractivity contribution in [2.24, 2.45) is 0 Å². The van der Waals surface area contributed by atoms with E-state index in [1.165, 1.54) is 30.3 Å². The number of alkyl halides is 18. The van der Waals surface area contributed by atoms with Crippen molar-refractivity contribution in [2.45, 2.75) is 125 Å². The average molecular weight is 951 g/mol. The van der Waals surface area contributed by atoms with Crippen LogP contribution in [0.15, 0.2) is 94.7 Å². The van der Waals surface area contributed by atoms with E-state index in [1.54, 1.807) is 70.2 Å². The van der Waals surface area contributed by atoms with Gasteiger partial charge in [-0.05, 0) is 71.6 Å². The molecule has 1 N–H and O–H groups in total. The standard InChI is InChI=1S/C42H41ClF18N2/c1-33(2,27-14-5-7-16-29(27)62-23-21-35(44,45)37(48,49)39(52,53)41(56,57)58)20-10-13-25-11-9-12-26(32(25)43)18-19-31-34(3,4)28-15-6-8-17-30(28)63(31)24-22-36(46,47)38(50,51)40(54,55)42(59,60)61/h5-8,10,13-19,62H,9,11-12,20-24H2,1-4H3/b13-10+,26-18+,31-19+. The Hall–Kier alpha value is -3.97. The SMILES string of the molecule is CC(C)(C/C=C/C1=C(Cl)C(=C/C=C2/N(CCC(F)(F)C(F)(F)C(F)(F)C(F)(F)F)c3ccccc3C2(C)C)/CCC1)c1ccccc1NCCC(F)(F)C(F)(F)C(F)(F)C(F)(F)F. The maximum atomic E-state index is 14.7. The molecule has 0 saturated carbocycles. The van der Waals surface area contributed by atoms with Gasteiger partial charge in [-0.25, -0.2) is 0 Å². The van der Waals surface area contributed by atoms with Crippen molar-refractivity contribution in [3.63, 3.8) is 0 Å². The van der Waals surface area contributed by atoms with Crippen LogP contribution in [-0.2, 0) is 10.8 Å². The van der Waals surface area contributed by atoms with E-state index >= 15 is 0 Å². The molecule has 63 heavy (non-hydrogen) atoms. The Morgan fingerprint density at radius 3 is 1.76 bits per heavy atom. The lowest BCUT2D eigenvalue weighted by Crippen LogP contribution is -2.61. The van der Waals surface area contributed by atoms with E-state index in [2.05, 4.69) is 5.32 Å². The largest absolute Gasteiger partial charge is 0.460 e. The van der Waals surface area contributed by atoms with Gasteiger partial charge < -0.3 is 10.2 Å². The average Bonchev–Trinajstić information content (AvgIpc) is 3.37.